The quantitative estimate of drug-likeness (QED) is 0.422. The molecule has 0 aliphatic carbocycles. The fraction of sp³-hybridized carbons (Fsp3) is 0.200. The first-order valence-electron chi connectivity index (χ1n) is 10.6. The Morgan fingerprint density at radius 2 is 2.03 bits per heavy atom. The van der Waals surface area contributed by atoms with Crippen LogP contribution in [0.2, 0.25) is 5.15 Å². The van der Waals surface area contributed by atoms with Gasteiger partial charge >= 0.3 is 5.97 Å². The number of carbonyl (C=O) groups is 1. The monoisotopic (exact) mass is 460 g/mol. The SMILES string of the molecule is Cc1cc([C@@H](C)Nc2ccc(Cl)nc2C(=O)O)c2cc3n(c(=O)c2c1)CCc1ncccc1-3. The lowest BCUT2D eigenvalue weighted by molar-refractivity contribution is 0.0691. The minimum atomic E-state index is -1.17. The van der Waals surface area contributed by atoms with Gasteiger partial charge < -0.3 is 15.0 Å². The number of aryl methyl sites for hydroxylation is 2. The van der Waals surface area contributed by atoms with E-state index in [4.69, 9.17) is 11.6 Å². The van der Waals surface area contributed by atoms with Crippen molar-refractivity contribution >= 4 is 34.0 Å². The number of hydrogen-bond acceptors (Lipinski definition) is 5. The van der Waals surface area contributed by atoms with Gasteiger partial charge in [0, 0.05) is 36.2 Å². The fourth-order valence-electron chi connectivity index (χ4n) is 4.55. The van der Waals surface area contributed by atoms with Crippen LogP contribution in [0.3, 0.4) is 0 Å². The fourth-order valence-corrected chi connectivity index (χ4v) is 4.70. The molecular formula is C25H21ClN4O3. The number of pyridine rings is 3. The summed E-state index contributed by atoms with van der Waals surface area (Å²) < 4.78 is 1.82. The van der Waals surface area contributed by atoms with Gasteiger partial charge in [-0.15, -0.1) is 0 Å². The summed E-state index contributed by atoms with van der Waals surface area (Å²) in [5.41, 5.74) is 4.82. The molecule has 0 unspecified atom stereocenters. The first-order chi connectivity index (χ1) is 15.8. The highest BCUT2D eigenvalue weighted by Gasteiger charge is 2.22. The van der Waals surface area contributed by atoms with Crippen molar-refractivity contribution in [2.75, 3.05) is 5.32 Å². The second-order valence-electron chi connectivity index (χ2n) is 8.25. The molecule has 0 saturated heterocycles. The van der Waals surface area contributed by atoms with Crippen molar-refractivity contribution in [3.8, 4) is 11.3 Å². The second-order valence-corrected chi connectivity index (χ2v) is 8.64. The van der Waals surface area contributed by atoms with Gasteiger partial charge in [-0.05, 0) is 66.8 Å². The number of nitrogens with zero attached hydrogens (tertiary/aromatic N) is 3. The number of hydrogen-bond donors (Lipinski definition) is 2. The predicted molar refractivity (Wildman–Crippen MR) is 128 cm³/mol. The average Bonchev–Trinajstić information content (AvgIpc) is 2.80. The van der Waals surface area contributed by atoms with Crippen molar-refractivity contribution < 1.29 is 9.90 Å². The Bertz CT molecular complexity index is 1500. The first-order valence-corrected chi connectivity index (χ1v) is 11.0. The van der Waals surface area contributed by atoms with Crippen molar-refractivity contribution in [2.24, 2.45) is 0 Å². The number of fused-ring (bicyclic) bond motifs is 4. The number of carboxylic acid groups (broad SMARTS) is 1. The largest absolute Gasteiger partial charge is 0.476 e. The lowest BCUT2D eigenvalue weighted by Crippen LogP contribution is -2.27. The van der Waals surface area contributed by atoms with Gasteiger partial charge in [-0.25, -0.2) is 9.78 Å². The molecule has 0 radical (unpaired) electrons. The van der Waals surface area contributed by atoms with Crippen molar-refractivity contribution in [1.82, 2.24) is 14.5 Å². The summed E-state index contributed by atoms with van der Waals surface area (Å²) >= 11 is 5.90. The smallest absolute Gasteiger partial charge is 0.356 e. The van der Waals surface area contributed by atoms with E-state index in [1.54, 1.807) is 18.3 Å². The number of carboxylic acids is 1. The second kappa shape index (κ2) is 8.01. The number of benzene rings is 1. The maximum absolute atomic E-state index is 13.5. The van der Waals surface area contributed by atoms with Crippen molar-refractivity contribution in [1.29, 1.82) is 0 Å². The molecule has 0 amide bonds. The van der Waals surface area contributed by atoms with Gasteiger partial charge in [-0.1, -0.05) is 17.7 Å². The Labute approximate surface area is 194 Å². The van der Waals surface area contributed by atoms with Crippen LogP contribution in [0.25, 0.3) is 22.0 Å². The summed E-state index contributed by atoms with van der Waals surface area (Å²) in [5, 5.41) is 14.4. The molecule has 33 heavy (non-hydrogen) atoms. The van der Waals surface area contributed by atoms with Gasteiger partial charge in [-0.2, -0.15) is 0 Å². The zero-order chi connectivity index (χ0) is 23.3. The van der Waals surface area contributed by atoms with E-state index < -0.39 is 5.97 Å². The van der Waals surface area contributed by atoms with Crippen LogP contribution in [-0.2, 0) is 13.0 Å². The predicted octanol–water partition coefficient (Wildman–Crippen LogP) is 4.85. The summed E-state index contributed by atoms with van der Waals surface area (Å²) in [4.78, 5) is 33.6. The molecular weight excluding hydrogens is 440 g/mol. The molecule has 0 saturated carbocycles. The molecule has 1 aliphatic heterocycles. The minimum absolute atomic E-state index is 0.0338. The van der Waals surface area contributed by atoms with Gasteiger partial charge in [0.2, 0.25) is 0 Å². The highest BCUT2D eigenvalue weighted by molar-refractivity contribution is 6.29. The zero-order valence-electron chi connectivity index (χ0n) is 18.1. The van der Waals surface area contributed by atoms with Gasteiger partial charge in [0.15, 0.2) is 5.69 Å². The van der Waals surface area contributed by atoms with Crippen LogP contribution in [0.4, 0.5) is 5.69 Å². The van der Waals surface area contributed by atoms with E-state index >= 15 is 0 Å². The Morgan fingerprint density at radius 3 is 2.82 bits per heavy atom. The van der Waals surface area contributed by atoms with Crippen LogP contribution < -0.4 is 10.9 Å². The number of aromatic carboxylic acids is 1. The van der Waals surface area contributed by atoms with Crippen molar-refractivity contribution in [2.45, 2.75) is 32.9 Å². The molecule has 4 heterocycles. The molecule has 3 aromatic heterocycles. The van der Waals surface area contributed by atoms with E-state index in [1.165, 1.54) is 0 Å². The summed E-state index contributed by atoms with van der Waals surface area (Å²) in [6.45, 7) is 4.47. The van der Waals surface area contributed by atoms with E-state index in [0.29, 0.717) is 24.0 Å². The summed E-state index contributed by atoms with van der Waals surface area (Å²) in [6.07, 6.45) is 2.49. The lowest BCUT2D eigenvalue weighted by atomic mass is 9.94. The third-order valence-corrected chi connectivity index (χ3v) is 6.26. The Morgan fingerprint density at radius 1 is 1.21 bits per heavy atom. The summed E-state index contributed by atoms with van der Waals surface area (Å²) in [5.74, 6) is -1.17. The molecule has 0 fully saturated rings. The minimum Gasteiger partial charge on any atom is -0.476 e. The summed E-state index contributed by atoms with van der Waals surface area (Å²) in [6, 6.07) is 12.7. The van der Waals surface area contributed by atoms with Crippen LogP contribution in [0.5, 0.6) is 0 Å². The number of halogens is 1. The molecule has 0 bridgehead atoms. The standard InChI is InChI=1S/C25H21ClN4O3/c1-13-10-16(14(2)28-20-5-6-22(26)29-23(20)25(32)33)17-12-21-15-4-3-8-27-19(15)7-9-30(21)24(31)18(17)11-13/h3-6,8,10-12,14,28H,7,9H2,1-2H3,(H,32,33)/t14-/m1/s1. The van der Waals surface area contributed by atoms with Crippen LogP contribution in [0, 0.1) is 6.92 Å². The number of aromatic nitrogens is 3. The van der Waals surface area contributed by atoms with E-state index in [9.17, 15) is 14.7 Å². The number of nitrogens with one attached hydrogen (secondary N) is 1. The van der Waals surface area contributed by atoms with Crippen LogP contribution >= 0.6 is 11.6 Å². The van der Waals surface area contributed by atoms with Gasteiger partial charge in [0.05, 0.1) is 17.1 Å². The highest BCUT2D eigenvalue weighted by atomic mass is 35.5. The van der Waals surface area contributed by atoms with Crippen molar-refractivity contribution in [3.63, 3.8) is 0 Å². The Kier molecular flexibility index (Phi) is 5.13. The molecule has 1 aromatic carbocycles. The van der Waals surface area contributed by atoms with Crippen LogP contribution in [0.1, 0.15) is 40.3 Å². The average molecular weight is 461 g/mol. The van der Waals surface area contributed by atoms with E-state index in [2.05, 4.69) is 15.3 Å². The maximum atomic E-state index is 13.5. The van der Waals surface area contributed by atoms with Crippen LogP contribution in [0.15, 0.2) is 53.5 Å². The van der Waals surface area contributed by atoms with Gasteiger partial charge in [-0.3, -0.25) is 9.78 Å². The molecule has 2 N–H and O–H groups in total. The van der Waals surface area contributed by atoms with Gasteiger partial charge in [0.1, 0.15) is 5.15 Å². The lowest BCUT2D eigenvalue weighted by Gasteiger charge is -2.24. The third-order valence-electron chi connectivity index (χ3n) is 6.04. The normalized spacial score (nSPS) is 13.3. The topological polar surface area (TPSA) is 97.1 Å². The van der Waals surface area contributed by atoms with Gasteiger partial charge in [0.25, 0.3) is 5.56 Å². The molecule has 8 heteroatoms. The maximum Gasteiger partial charge on any atom is 0.356 e. The number of anilines is 1. The van der Waals surface area contributed by atoms with E-state index in [-0.39, 0.29) is 22.4 Å². The molecule has 7 nitrogen and oxygen atoms in total. The summed E-state index contributed by atoms with van der Waals surface area (Å²) in [7, 11) is 0. The Balaban J connectivity index is 1.68. The van der Waals surface area contributed by atoms with Crippen LogP contribution in [-0.4, -0.2) is 25.6 Å². The number of rotatable bonds is 4. The molecule has 4 aromatic rings. The molecule has 1 aliphatic rings. The first kappa shape index (κ1) is 21.2. The highest BCUT2D eigenvalue weighted by Crippen LogP contribution is 2.33. The zero-order valence-corrected chi connectivity index (χ0v) is 18.8. The van der Waals surface area contributed by atoms with E-state index in [0.717, 1.165) is 33.5 Å². The molecule has 0 spiro atoms. The third kappa shape index (κ3) is 3.64. The molecule has 5 rings (SSSR count). The molecule has 1 atom stereocenters. The van der Waals surface area contributed by atoms with Crippen molar-refractivity contribution in [3.05, 3.63) is 86.7 Å². The Hall–Kier alpha value is -3.71. The molecule has 166 valence electrons. The van der Waals surface area contributed by atoms with E-state index in [1.807, 2.05) is 48.7 Å².